The van der Waals surface area contributed by atoms with Crippen LogP contribution in [0.5, 0.6) is 0 Å². The number of hydrazone groups is 1. The van der Waals surface area contributed by atoms with Gasteiger partial charge in [-0.2, -0.15) is 5.10 Å². The Bertz CT molecular complexity index is 440. The van der Waals surface area contributed by atoms with Crippen molar-refractivity contribution in [1.29, 1.82) is 0 Å². The van der Waals surface area contributed by atoms with Crippen molar-refractivity contribution in [3.05, 3.63) is 29.8 Å². The maximum atomic E-state index is 10.6. The number of primary amides is 1. The van der Waals surface area contributed by atoms with Crippen LogP contribution >= 0.6 is 0 Å². The third-order valence-electron chi connectivity index (χ3n) is 2.77. The first kappa shape index (κ1) is 12.4. The first-order valence-electron chi connectivity index (χ1n) is 5.90. The molecule has 6 nitrogen and oxygen atoms in total. The Morgan fingerprint density at radius 2 is 2.11 bits per heavy atom. The summed E-state index contributed by atoms with van der Waals surface area (Å²) < 4.78 is 0. The van der Waals surface area contributed by atoms with E-state index in [1.807, 2.05) is 18.2 Å². The number of carbonyl (C=O) groups excluding carboxylic acids is 1. The second kappa shape index (κ2) is 6.02. The number of urea groups is 1. The first-order chi connectivity index (χ1) is 8.77. The zero-order chi connectivity index (χ0) is 12.8. The molecule has 1 aliphatic rings. The van der Waals surface area contributed by atoms with Crippen molar-refractivity contribution in [2.75, 3.05) is 31.1 Å². The number of rotatable bonds is 3. The quantitative estimate of drug-likeness (QED) is 0.523. The topological polar surface area (TPSA) is 82.8 Å². The lowest BCUT2D eigenvalue weighted by atomic mass is 10.1. The highest BCUT2D eigenvalue weighted by atomic mass is 16.2. The maximum Gasteiger partial charge on any atom is 0.332 e. The Hall–Kier alpha value is -2.08. The molecule has 1 aromatic rings. The van der Waals surface area contributed by atoms with E-state index in [4.69, 9.17) is 5.73 Å². The predicted molar refractivity (Wildman–Crippen MR) is 71.8 cm³/mol. The summed E-state index contributed by atoms with van der Waals surface area (Å²) in [6.07, 6.45) is 1.61. The average molecular weight is 247 g/mol. The van der Waals surface area contributed by atoms with E-state index >= 15 is 0 Å². The largest absolute Gasteiger partial charge is 0.368 e. The minimum Gasteiger partial charge on any atom is -0.368 e. The van der Waals surface area contributed by atoms with Crippen molar-refractivity contribution < 1.29 is 4.79 Å². The molecule has 0 aliphatic carbocycles. The van der Waals surface area contributed by atoms with Crippen LogP contribution in [0.1, 0.15) is 5.56 Å². The van der Waals surface area contributed by atoms with E-state index in [1.54, 1.807) is 6.21 Å². The van der Waals surface area contributed by atoms with Gasteiger partial charge in [0.15, 0.2) is 0 Å². The number of hydrogen-bond donors (Lipinski definition) is 3. The molecule has 0 atom stereocenters. The van der Waals surface area contributed by atoms with E-state index in [-0.39, 0.29) is 0 Å². The van der Waals surface area contributed by atoms with Gasteiger partial charge in [-0.1, -0.05) is 18.2 Å². The van der Waals surface area contributed by atoms with Crippen molar-refractivity contribution in [3.8, 4) is 0 Å². The molecule has 1 fully saturated rings. The first-order valence-corrected chi connectivity index (χ1v) is 5.90. The highest BCUT2D eigenvalue weighted by Crippen LogP contribution is 2.18. The Balaban J connectivity index is 2.14. The van der Waals surface area contributed by atoms with Gasteiger partial charge in [0.1, 0.15) is 0 Å². The van der Waals surface area contributed by atoms with Crippen LogP contribution in [0.4, 0.5) is 10.5 Å². The smallest absolute Gasteiger partial charge is 0.332 e. The highest BCUT2D eigenvalue weighted by Gasteiger charge is 2.12. The maximum absolute atomic E-state index is 10.6. The van der Waals surface area contributed by atoms with Crippen LogP contribution in [-0.4, -0.2) is 38.4 Å². The summed E-state index contributed by atoms with van der Waals surface area (Å²) in [7, 11) is 0. The molecule has 0 spiro atoms. The molecule has 0 bridgehead atoms. The predicted octanol–water partition coefficient (Wildman–Crippen LogP) is 0.0984. The Labute approximate surface area is 106 Å². The number of para-hydroxylation sites is 1. The Kier molecular flexibility index (Phi) is 4.14. The number of hydrogen-bond acceptors (Lipinski definition) is 4. The molecule has 0 aromatic heterocycles. The number of piperazine rings is 1. The zero-order valence-corrected chi connectivity index (χ0v) is 10.1. The summed E-state index contributed by atoms with van der Waals surface area (Å²) in [4.78, 5) is 12.8. The summed E-state index contributed by atoms with van der Waals surface area (Å²) in [5.41, 5.74) is 9.24. The third kappa shape index (κ3) is 3.21. The lowest BCUT2D eigenvalue weighted by molar-refractivity contribution is 0.249. The third-order valence-corrected chi connectivity index (χ3v) is 2.77. The van der Waals surface area contributed by atoms with E-state index in [9.17, 15) is 4.79 Å². The zero-order valence-electron chi connectivity index (χ0n) is 10.1. The van der Waals surface area contributed by atoms with E-state index < -0.39 is 6.03 Å². The van der Waals surface area contributed by atoms with Crippen molar-refractivity contribution in [2.45, 2.75) is 0 Å². The second-order valence-electron chi connectivity index (χ2n) is 4.03. The summed E-state index contributed by atoms with van der Waals surface area (Å²) in [6.45, 7) is 3.89. The number of benzene rings is 1. The van der Waals surface area contributed by atoms with Crippen molar-refractivity contribution in [1.82, 2.24) is 10.7 Å². The van der Waals surface area contributed by atoms with Gasteiger partial charge in [0.2, 0.25) is 0 Å². The number of nitrogens with zero attached hydrogens (tertiary/aromatic N) is 2. The van der Waals surface area contributed by atoms with Gasteiger partial charge in [0.05, 0.1) is 6.21 Å². The molecule has 18 heavy (non-hydrogen) atoms. The summed E-state index contributed by atoms with van der Waals surface area (Å²) in [5, 5.41) is 7.12. The number of nitrogens with two attached hydrogens (primary N) is 1. The minimum absolute atomic E-state index is 0.661. The molecule has 1 saturated heterocycles. The molecule has 4 N–H and O–H groups in total. The van der Waals surface area contributed by atoms with Gasteiger partial charge in [-0.15, -0.1) is 0 Å². The van der Waals surface area contributed by atoms with Gasteiger partial charge in [-0.05, 0) is 6.07 Å². The normalized spacial score (nSPS) is 15.9. The Morgan fingerprint density at radius 3 is 2.83 bits per heavy atom. The van der Waals surface area contributed by atoms with Crippen LogP contribution in [0.3, 0.4) is 0 Å². The van der Waals surface area contributed by atoms with Crippen LogP contribution < -0.4 is 21.4 Å². The van der Waals surface area contributed by atoms with E-state index in [0.29, 0.717) is 0 Å². The minimum atomic E-state index is -0.661. The lowest BCUT2D eigenvalue weighted by Crippen LogP contribution is -2.43. The van der Waals surface area contributed by atoms with Crippen LogP contribution in [0.2, 0.25) is 0 Å². The molecular formula is C12H17N5O. The molecule has 6 heteroatoms. The SMILES string of the molecule is NC(=O)NN=Cc1ccccc1N1CCNCC1. The van der Waals surface area contributed by atoms with Crippen LogP contribution in [0.15, 0.2) is 29.4 Å². The molecule has 96 valence electrons. The van der Waals surface area contributed by atoms with Crippen molar-refractivity contribution in [3.63, 3.8) is 0 Å². The van der Waals surface area contributed by atoms with E-state index in [1.165, 1.54) is 0 Å². The molecule has 2 amide bonds. The number of amides is 2. The van der Waals surface area contributed by atoms with Gasteiger partial charge < -0.3 is 16.0 Å². The van der Waals surface area contributed by atoms with E-state index in [2.05, 4.69) is 26.8 Å². The number of nitrogens with one attached hydrogen (secondary N) is 2. The summed E-state index contributed by atoms with van der Waals surface area (Å²) in [5.74, 6) is 0. The molecule has 0 saturated carbocycles. The lowest BCUT2D eigenvalue weighted by Gasteiger charge is -2.30. The van der Waals surface area contributed by atoms with Gasteiger partial charge >= 0.3 is 6.03 Å². The fraction of sp³-hybridized carbons (Fsp3) is 0.333. The van der Waals surface area contributed by atoms with Crippen LogP contribution in [0, 0.1) is 0 Å². The van der Waals surface area contributed by atoms with E-state index in [0.717, 1.165) is 37.4 Å². The molecule has 1 heterocycles. The van der Waals surface area contributed by atoms with Gasteiger partial charge in [0, 0.05) is 37.4 Å². The second-order valence-corrected chi connectivity index (χ2v) is 4.03. The molecular weight excluding hydrogens is 230 g/mol. The van der Waals surface area contributed by atoms with Gasteiger partial charge in [-0.25, -0.2) is 10.2 Å². The average Bonchev–Trinajstić information content (AvgIpc) is 2.40. The molecule has 1 aromatic carbocycles. The van der Waals surface area contributed by atoms with Crippen molar-refractivity contribution >= 4 is 17.9 Å². The molecule has 0 radical (unpaired) electrons. The summed E-state index contributed by atoms with van der Waals surface area (Å²) in [6, 6.07) is 7.29. The van der Waals surface area contributed by atoms with Crippen LogP contribution in [-0.2, 0) is 0 Å². The molecule has 1 aliphatic heterocycles. The molecule has 2 rings (SSSR count). The number of anilines is 1. The van der Waals surface area contributed by atoms with Crippen LogP contribution in [0.25, 0.3) is 0 Å². The highest BCUT2D eigenvalue weighted by molar-refractivity contribution is 5.88. The fourth-order valence-corrected chi connectivity index (χ4v) is 1.96. The fourth-order valence-electron chi connectivity index (χ4n) is 1.96. The Morgan fingerprint density at radius 1 is 1.39 bits per heavy atom. The molecule has 0 unspecified atom stereocenters. The standard InChI is InChI=1S/C12H17N5O/c13-12(18)16-15-9-10-3-1-2-4-11(10)17-7-5-14-6-8-17/h1-4,9,14H,5-8H2,(H3,13,16,18). The van der Waals surface area contributed by atoms with Gasteiger partial charge in [0.25, 0.3) is 0 Å². The summed E-state index contributed by atoms with van der Waals surface area (Å²) >= 11 is 0. The number of carbonyl (C=O) groups is 1. The van der Waals surface area contributed by atoms with Gasteiger partial charge in [-0.3, -0.25) is 0 Å². The van der Waals surface area contributed by atoms with Crippen molar-refractivity contribution in [2.24, 2.45) is 10.8 Å². The monoisotopic (exact) mass is 247 g/mol.